The summed E-state index contributed by atoms with van der Waals surface area (Å²) in [6, 6.07) is 0.883. The number of aryl methyl sites for hydroxylation is 2. The lowest BCUT2D eigenvalue weighted by molar-refractivity contribution is 0.249. The Kier molecular flexibility index (Phi) is 4.70. The molecule has 0 saturated carbocycles. The van der Waals surface area contributed by atoms with Gasteiger partial charge in [0.1, 0.15) is 5.82 Å². The van der Waals surface area contributed by atoms with Gasteiger partial charge in [0.15, 0.2) is 0 Å². The van der Waals surface area contributed by atoms with E-state index in [9.17, 15) is 0 Å². The van der Waals surface area contributed by atoms with Crippen LogP contribution in [0.2, 0.25) is 0 Å². The van der Waals surface area contributed by atoms with Crippen molar-refractivity contribution in [1.29, 1.82) is 0 Å². The van der Waals surface area contributed by atoms with E-state index >= 15 is 0 Å². The number of nitrogens with two attached hydrogens (primary N) is 1. The maximum atomic E-state index is 6.00. The predicted octanol–water partition coefficient (Wildman–Crippen LogP) is 1.15. The third-order valence-electron chi connectivity index (χ3n) is 4.33. The van der Waals surface area contributed by atoms with Gasteiger partial charge in [0.25, 0.3) is 0 Å². The monoisotopic (exact) mass is 279 g/mol. The summed E-state index contributed by atoms with van der Waals surface area (Å²) >= 11 is 0. The first-order chi connectivity index (χ1) is 9.40. The van der Waals surface area contributed by atoms with E-state index in [1.807, 2.05) is 11.7 Å². The molecule has 0 aromatic carbocycles. The van der Waals surface area contributed by atoms with Gasteiger partial charge in [-0.1, -0.05) is 0 Å². The number of hydrogen-bond donors (Lipinski definition) is 1. The molecule has 1 aliphatic rings. The number of aromatic nitrogens is 2. The molecule has 0 amide bonds. The van der Waals surface area contributed by atoms with Crippen LogP contribution in [0.4, 0.5) is 5.82 Å². The molecule has 1 atom stereocenters. The normalized spacial score (nSPS) is 18.9. The summed E-state index contributed by atoms with van der Waals surface area (Å²) in [5.41, 5.74) is 8.45. The van der Waals surface area contributed by atoms with Crippen molar-refractivity contribution >= 4 is 5.82 Å². The lowest BCUT2D eigenvalue weighted by Gasteiger charge is -2.36. The molecule has 5 nitrogen and oxygen atoms in total. The highest BCUT2D eigenvalue weighted by Crippen LogP contribution is 2.27. The Morgan fingerprint density at radius 2 is 1.95 bits per heavy atom. The van der Waals surface area contributed by atoms with Crippen LogP contribution in [0.1, 0.15) is 31.0 Å². The number of anilines is 1. The summed E-state index contributed by atoms with van der Waals surface area (Å²) < 4.78 is 2.03. The van der Waals surface area contributed by atoms with Gasteiger partial charge in [-0.05, 0) is 47.2 Å². The van der Waals surface area contributed by atoms with Crippen LogP contribution < -0.4 is 10.6 Å². The Hall–Kier alpha value is -1.07. The van der Waals surface area contributed by atoms with Crippen molar-refractivity contribution in [2.75, 3.05) is 32.1 Å². The van der Waals surface area contributed by atoms with Crippen molar-refractivity contribution in [1.82, 2.24) is 14.7 Å². The molecular formula is C15H29N5. The van der Waals surface area contributed by atoms with Gasteiger partial charge in [-0.2, -0.15) is 5.10 Å². The predicted molar refractivity (Wildman–Crippen MR) is 84.2 cm³/mol. The SMILES string of the molecule is Cc1nn(C)c(N2CCC(N(C)C)CC2)c1CC(C)N. The standard InChI is InChI=1S/C15H29N5/c1-11(16)10-14-12(2)17-19(5)15(14)20-8-6-13(7-9-20)18(3)4/h11,13H,6-10,16H2,1-5H3. The van der Waals surface area contributed by atoms with Crippen LogP contribution in [0.5, 0.6) is 0 Å². The molecule has 114 valence electrons. The second kappa shape index (κ2) is 6.14. The molecule has 1 fully saturated rings. The highest BCUT2D eigenvalue weighted by molar-refractivity contribution is 5.51. The second-order valence-electron chi connectivity index (χ2n) is 6.37. The van der Waals surface area contributed by atoms with Gasteiger partial charge in [-0.15, -0.1) is 0 Å². The Labute approximate surface area is 122 Å². The van der Waals surface area contributed by atoms with Crippen molar-refractivity contribution in [3.63, 3.8) is 0 Å². The average molecular weight is 279 g/mol. The maximum Gasteiger partial charge on any atom is 0.130 e. The summed E-state index contributed by atoms with van der Waals surface area (Å²) in [5.74, 6) is 1.28. The molecule has 1 unspecified atom stereocenters. The van der Waals surface area contributed by atoms with Crippen molar-refractivity contribution in [3.8, 4) is 0 Å². The Morgan fingerprint density at radius 3 is 2.45 bits per heavy atom. The zero-order chi connectivity index (χ0) is 14.9. The number of hydrogen-bond acceptors (Lipinski definition) is 4. The van der Waals surface area contributed by atoms with E-state index < -0.39 is 0 Å². The minimum Gasteiger partial charge on any atom is -0.356 e. The highest BCUT2D eigenvalue weighted by atomic mass is 15.4. The van der Waals surface area contributed by atoms with Crippen LogP contribution in [0.3, 0.4) is 0 Å². The summed E-state index contributed by atoms with van der Waals surface area (Å²) in [6.45, 7) is 6.36. The van der Waals surface area contributed by atoms with Gasteiger partial charge in [0.2, 0.25) is 0 Å². The van der Waals surface area contributed by atoms with E-state index in [1.165, 1.54) is 24.2 Å². The molecular weight excluding hydrogens is 250 g/mol. The van der Waals surface area contributed by atoms with Crippen LogP contribution in [-0.4, -0.2) is 53.9 Å². The van der Waals surface area contributed by atoms with Gasteiger partial charge in [-0.25, -0.2) is 0 Å². The van der Waals surface area contributed by atoms with E-state index in [1.54, 1.807) is 0 Å². The fourth-order valence-corrected chi connectivity index (χ4v) is 3.24. The molecule has 0 radical (unpaired) electrons. The van der Waals surface area contributed by atoms with Crippen molar-refractivity contribution in [2.45, 2.75) is 45.2 Å². The summed E-state index contributed by atoms with van der Waals surface area (Å²) in [5, 5.41) is 4.60. The quantitative estimate of drug-likeness (QED) is 0.898. The van der Waals surface area contributed by atoms with E-state index in [2.05, 4.69) is 42.8 Å². The molecule has 1 aliphatic heterocycles. The molecule has 0 bridgehead atoms. The van der Waals surface area contributed by atoms with Crippen LogP contribution in [-0.2, 0) is 13.5 Å². The van der Waals surface area contributed by atoms with Gasteiger partial charge in [0, 0.05) is 37.8 Å². The third-order valence-corrected chi connectivity index (χ3v) is 4.33. The third kappa shape index (κ3) is 3.15. The Balaban J connectivity index is 2.17. The van der Waals surface area contributed by atoms with Gasteiger partial charge < -0.3 is 15.5 Å². The highest BCUT2D eigenvalue weighted by Gasteiger charge is 2.25. The Bertz CT molecular complexity index is 441. The van der Waals surface area contributed by atoms with E-state index in [-0.39, 0.29) is 6.04 Å². The van der Waals surface area contributed by atoms with Crippen LogP contribution in [0.25, 0.3) is 0 Å². The van der Waals surface area contributed by atoms with Crippen molar-refractivity contribution in [3.05, 3.63) is 11.3 Å². The summed E-state index contributed by atoms with van der Waals surface area (Å²) in [4.78, 5) is 4.83. The maximum absolute atomic E-state index is 6.00. The van der Waals surface area contributed by atoms with E-state index in [0.717, 1.165) is 25.2 Å². The zero-order valence-electron chi connectivity index (χ0n) is 13.6. The topological polar surface area (TPSA) is 50.3 Å². The number of piperidine rings is 1. The molecule has 1 aromatic rings. The summed E-state index contributed by atoms with van der Waals surface area (Å²) in [7, 11) is 6.40. The molecule has 2 N–H and O–H groups in total. The van der Waals surface area contributed by atoms with E-state index in [0.29, 0.717) is 6.04 Å². The first-order valence-corrected chi connectivity index (χ1v) is 7.59. The fraction of sp³-hybridized carbons (Fsp3) is 0.800. The van der Waals surface area contributed by atoms with Gasteiger partial charge >= 0.3 is 0 Å². The van der Waals surface area contributed by atoms with Crippen molar-refractivity contribution in [2.24, 2.45) is 12.8 Å². The molecule has 20 heavy (non-hydrogen) atoms. The fourth-order valence-electron chi connectivity index (χ4n) is 3.24. The second-order valence-corrected chi connectivity index (χ2v) is 6.37. The van der Waals surface area contributed by atoms with E-state index in [4.69, 9.17) is 5.73 Å². The molecule has 0 spiro atoms. The summed E-state index contributed by atoms with van der Waals surface area (Å²) in [6.07, 6.45) is 3.34. The van der Waals surface area contributed by atoms with Crippen molar-refractivity contribution < 1.29 is 0 Å². The van der Waals surface area contributed by atoms with Gasteiger partial charge in [0.05, 0.1) is 5.69 Å². The largest absolute Gasteiger partial charge is 0.356 e. The first kappa shape index (κ1) is 15.3. The number of nitrogens with zero attached hydrogens (tertiary/aromatic N) is 4. The molecule has 2 rings (SSSR count). The van der Waals surface area contributed by atoms with Crippen LogP contribution >= 0.6 is 0 Å². The lowest BCUT2D eigenvalue weighted by atomic mass is 10.0. The Morgan fingerprint density at radius 1 is 1.35 bits per heavy atom. The minimum atomic E-state index is 0.177. The molecule has 2 heterocycles. The minimum absolute atomic E-state index is 0.177. The molecule has 1 saturated heterocycles. The van der Waals surface area contributed by atoms with Gasteiger partial charge in [-0.3, -0.25) is 4.68 Å². The van der Waals surface area contributed by atoms with Crippen LogP contribution in [0, 0.1) is 6.92 Å². The molecule has 0 aliphatic carbocycles. The molecule has 1 aromatic heterocycles. The lowest BCUT2D eigenvalue weighted by Crippen LogP contribution is -2.43. The smallest absolute Gasteiger partial charge is 0.130 e. The molecule has 5 heteroatoms. The first-order valence-electron chi connectivity index (χ1n) is 7.59. The van der Waals surface area contributed by atoms with Crippen LogP contribution in [0.15, 0.2) is 0 Å². The number of rotatable bonds is 4. The zero-order valence-corrected chi connectivity index (χ0v) is 13.6. The average Bonchev–Trinajstić information content (AvgIpc) is 2.64.